The van der Waals surface area contributed by atoms with Gasteiger partial charge in [0, 0.05) is 24.7 Å². The molecule has 0 bridgehead atoms. The summed E-state index contributed by atoms with van der Waals surface area (Å²) in [6.07, 6.45) is 3.19. The fourth-order valence-corrected chi connectivity index (χ4v) is 2.92. The van der Waals surface area contributed by atoms with Gasteiger partial charge in [-0.1, -0.05) is 0 Å². The van der Waals surface area contributed by atoms with Crippen LogP contribution in [0.15, 0.2) is 0 Å². The van der Waals surface area contributed by atoms with Gasteiger partial charge in [-0.05, 0) is 40.0 Å². The Labute approximate surface area is 97.0 Å². The van der Waals surface area contributed by atoms with E-state index in [-0.39, 0.29) is 6.04 Å². The van der Waals surface area contributed by atoms with Crippen LogP contribution in [-0.4, -0.2) is 46.2 Å². The van der Waals surface area contributed by atoms with Gasteiger partial charge < -0.3 is 5.11 Å². The normalized spacial score (nSPS) is 35.9. The van der Waals surface area contributed by atoms with E-state index in [2.05, 4.69) is 17.1 Å². The van der Waals surface area contributed by atoms with Crippen molar-refractivity contribution < 1.29 is 9.90 Å². The largest absolute Gasteiger partial charge is 0.480 e. The van der Waals surface area contributed by atoms with E-state index in [0.29, 0.717) is 18.6 Å². The first-order valence-electron chi connectivity index (χ1n) is 6.21. The average molecular weight is 226 g/mol. The first kappa shape index (κ1) is 11.9. The van der Waals surface area contributed by atoms with Crippen LogP contribution in [0.25, 0.3) is 0 Å². The number of nitrogens with zero attached hydrogens (tertiary/aromatic N) is 1. The first-order valence-corrected chi connectivity index (χ1v) is 6.21. The lowest BCUT2D eigenvalue weighted by atomic mass is 9.95. The Balaban J connectivity index is 2.12. The van der Waals surface area contributed by atoms with Crippen LogP contribution in [0.3, 0.4) is 0 Å². The predicted octanol–water partition coefficient (Wildman–Crippen LogP) is 1.06. The predicted molar refractivity (Wildman–Crippen MR) is 62.4 cm³/mol. The van der Waals surface area contributed by atoms with E-state index >= 15 is 0 Å². The van der Waals surface area contributed by atoms with Crippen molar-refractivity contribution in [1.82, 2.24) is 10.2 Å². The van der Waals surface area contributed by atoms with Crippen molar-refractivity contribution in [3.8, 4) is 0 Å². The number of carbonyl (C=O) groups is 1. The van der Waals surface area contributed by atoms with Gasteiger partial charge in [-0.15, -0.1) is 0 Å². The van der Waals surface area contributed by atoms with E-state index in [4.69, 9.17) is 0 Å². The average Bonchev–Trinajstić information content (AvgIpc) is 2.91. The molecule has 0 aromatic carbocycles. The maximum absolute atomic E-state index is 11.5. The molecule has 1 aliphatic heterocycles. The zero-order chi connectivity index (χ0) is 11.9. The van der Waals surface area contributed by atoms with Crippen LogP contribution in [0.2, 0.25) is 0 Å². The number of aliphatic carboxylic acids is 1. The third-order valence-corrected chi connectivity index (χ3v) is 3.65. The van der Waals surface area contributed by atoms with Crippen LogP contribution < -0.4 is 5.32 Å². The topological polar surface area (TPSA) is 52.6 Å². The standard InChI is InChI=1S/C12H22N2O2/c1-8(2)13-12(11(15)16)6-9(3)14(7-12)10-4-5-10/h8-10,13H,4-7H2,1-3H3,(H,15,16). The second-order valence-electron chi connectivity index (χ2n) is 5.64. The molecule has 2 rings (SSSR count). The molecule has 4 heteroatoms. The summed E-state index contributed by atoms with van der Waals surface area (Å²) < 4.78 is 0. The molecular weight excluding hydrogens is 204 g/mol. The number of nitrogens with one attached hydrogen (secondary N) is 1. The van der Waals surface area contributed by atoms with Crippen LogP contribution in [0.1, 0.15) is 40.0 Å². The Morgan fingerprint density at radius 3 is 2.56 bits per heavy atom. The molecule has 1 aliphatic carbocycles. The molecule has 0 aromatic heterocycles. The monoisotopic (exact) mass is 226 g/mol. The molecule has 0 radical (unpaired) electrons. The Hall–Kier alpha value is -0.610. The summed E-state index contributed by atoms with van der Waals surface area (Å²) in [6, 6.07) is 1.24. The zero-order valence-electron chi connectivity index (χ0n) is 10.4. The highest BCUT2D eigenvalue weighted by Crippen LogP contribution is 2.37. The van der Waals surface area contributed by atoms with E-state index in [1.807, 2.05) is 13.8 Å². The molecule has 16 heavy (non-hydrogen) atoms. The third kappa shape index (κ3) is 2.09. The maximum Gasteiger partial charge on any atom is 0.325 e. The highest BCUT2D eigenvalue weighted by atomic mass is 16.4. The molecule has 1 saturated heterocycles. The summed E-state index contributed by atoms with van der Waals surface area (Å²) in [5, 5.41) is 12.7. The lowest BCUT2D eigenvalue weighted by molar-refractivity contribution is -0.144. The molecule has 0 spiro atoms. The van der Waals surface area contributed by atoms with E-state index in [0.717, 1.165) is 6.42 Å². The fourth-order valence-electron chi connectivity index (χ4n) is 2.92. The summed E-state index contributed by atoms with van der Waals surface area (Å²) in [6.45, 7) is 6.82. The van der Waals surface area contributed by atoms with Crippen molar-refractivity contribution in [2.24, 2.45) is 0 Å². The minimum atomic E-state index is -0.726. The molecule has 2 unspecified atom stereocenters. The van der Waals surface area contributed by atoms with E-state index in [9.17, 15) is 9.90 Å². The molecule has 2 N–H and O–H groups in total. The lowest BCUT2D eigenvalue weighted by Crippen LogP contribution is -2.56. The molecular formula is C12H22N2O2. The maximum atomic E-state index is 11.5. The Morgan fingerprint density at radius 1 is 1.50 bits per heavy atom. The highest BCUT2D eigenvalue weighted by Gasteiger charge is 2.51. The van der Waals surface area contributed by atoms with E-state index in [1.54, 1.807) is 0 Å². The Bertz CT molecular complexity index is 289. The zero-order valence-corrected chi connectivity index (χ0v) is 10.4. The van der Waals surface area contributed by atoms with Crippen molar-refractivity contribution in [1.29, 1.82) is 0 Å². The van der Waals surface area contributed by atoms with Gasteiger partial charge in [0.2, 0.25) is 0 Å². The van der Waals surface area contributed by atoms with Crippen LogP contribution in [0.4, 0.5) is 0 Å². The Morgan fingerprint density at radius 2 is 2.12 bits per heavy atom. The fraction of sp³-hybridized carbons (Fsp3) is 0.917. The van der Waals surface area contributed by atoms with Gasteiger partial charge in [-0.2, -0.15) is 0 Å². The molecule has 92 valence electrons. The van der Waals surface area contributed by atoms with Gasteiger partial charge in [0.05, 0.1) is 0 Å². The molecule has 2 atom stereocenters. The summed E-state index contributed by atoms with van der Waals surface area (Å²) >= 11 is 0. The van der Waals surface area contributed by atoms with Crippen LogP contribution >= 0.6 is 0 Å². The lowest BCUT2D eigenvalue weighted by Gasteiger charge is -2.28. The van der Waals surface area contributed by atoms with Crippen LogP contribution in [0, 0.1) is 0 Å². The number of hydrogen-bond donors (Lipinski definition) is 2. The molecule has 4 nitrogen and oxygen atoms in total. The van der Waals surface area contributed by atoms with Crippen LogP contribution in [-0.2, 0) is 4.79 Å². The summed E-state index contributed by atoms with van der Waals surface area (Å²) in [7, 11) is 0. The van der Waals surface area contributed by atoms with Gasteiger partial charge in [-0.3, -0.25) is 15.0 Å². The molecule has 2 fully saturated rings. The van der Waals surface area contributed by atoms with Crippen LogP contribution in [0.5, 0.6) is 0 Å². The minimum absolute atomic E-state index is 0.211. The number of carboxylic acids is 1. The molecule has 2 aliphatic rings. The summed E-state index contributed by atoms with van der Waals surface area (Å²) in [4.78, 5) is 13.9. The second-order valence-corrected chi connectivity index (χ2v) is 5.64. The number of carboxylic acid groups (broad SMARTS) is 1. The van der Waals surface area contributed by atoms with E-state index < -0.39 is 11.5 Å². The van der Waals surface area contributed by atoms with Gasteiger partial charge in [0.25, 0.3) is 0 Å². The molecule has 1 heterocycles. The smallest absolute Gasteiger partial charge is 0.325 e. The summed E-state index contributed by atoms with van der Waals surface area (Å²) in [5.41, 5.74) is -0.726. The summed E-state index contributed by atoms with van der Waals surface area (Å²) in [5.74, 6) is -0.698. The number of hydrogen-bond acceptors (Lipinski definition) is 3. The van der Waals surface area contributed by atoms with Gasteiger partial charge in [-0.25, -0.2) is 0 Å². The number of rotatable bonds is 4. The van der Waals surface area contributed by atoms with Gasteiger partial charge in [0.15, 0.2) is 0 Å². The van der Waals surface area contributed by atoms with Crippen molar-refractivity contribution >= 4 is 5.97 Å². The van der Waals surface area contributed by atoms with Crippen molar-refractivity contribution in [3.05, 3.63) is 0 Å². The Kier molecular flexibility index (Phi) is 2.97. The minimum Gasteiger partial charge on any atom is -0.480 e. The first-order chi connectivity index (χ1) is 7.44. The molecule has 1 saturated carbocycles. The molecule has 0 amide bonds. The van der Waals surface area contributed by atoms with Gasteiger partial charge in [0.1, 0.15) is 5.54 Å². The van der Waals surface area contributed by atoms with Crippen molar-refractivity contribution in [3.63, 3.8) is 0 Å². The number of likely N-dealkylation sites (tertiary alicyclic amines) is 1. The van der Waals surface area contributed by atoms with Gasteiger partial charge >= 0.3 is 5.97 Å². The SMILES string of the molecule is CC(C)NC1(C(=O)O)CC(C)N(C2CC2)C1. The second kappa shape index (κ2) is 4.00. The molecule has 0 aromatic rings. The van der Waals surface area contributed by atoms with Crippen molar-refractivity contribution in [2.75, 3.05) is 6.54 Å². The van der Waals surface area contributed by atoms with Crippen molar-refractivity contribution in [2.45, 2.75) is 63.7 Å². The quantitative estimate of drug-likeness (QED) is 0.753. The highest BCUT2D eigenvalue weighted by molar-refractivity contribution is 5.80. The van der Waals surface area contributed by atoms with E-state index in [1.165, 1.54) is 12.8 Å². The third-order valence-electron chi connectivity index (χ3n) is 3.65.